The first kappa shape index (κ1) is 22.7. The van der Waals surface area contributed by atoms with Crippen LogP contribution in [0.15, 0.2) is 30.6 Å². The Bertz CT molecular complexity index is 1070. The lowest BCUT2D eigenvalue weighted by molar-refractivity contribution is -0.133. The monoisotopic (exact) mass is 466 g/mol. The number of piperazine rings is 1. The van der Waals surface area contributed by atoms with Crippen LogP contribution in [0, 0.1) is 24.6 Å². The van der Waals surface area contributed by atoms with Gasteiger partial charge in [-0.25, -0.2) is 14.8 Å². The minimum atomic E-state index is -0.499. The van der Waals surface area contributed by atoms with Crippen LogP contribution >= 0.6 is 0 Å². The van der Waals surface area contributed by atoms with Gasteiger partial charge in [-0.1, -0.05) is 18.9 Å². The molecule has 3 atom stereocenters. The van der Waals surface area contributed by atoms with Gasteiger partial charge in [0, 0.05) is 44.3 Å². The lowest BCUT2D eigenvalue weighted by Crippen LogP contribution is -2.60. The third kappa shape index (κ3) is 4.61. The number of hydrazine groups is 1. The second kappa shape index (κ2) is 9.66. The summed E-state index contributed by atoms with van der Waals surface area (Å²) in [5, 5.41) is 0. The Kier molecular flexibility index (Phi) is 6.45. The fourth-order valence-corrected chi connectivity index (χ4v) is 5.56. The van der Waals surface area contributed by atoms with Crippen molar-refractivity contribution in [3.63, 3.8) is 0 Å². The van der Waals surface area contributed by atoms with Crippen LogP contribution in [-0.2, 0) is 11.2 Å². The average molecular weight is 467 g/mol. The smallest absolute Gasteiger partial charge is 0.256 e. The van der Waals surface area contributed by atoms with Gasteiger partial charge in [0.25, 0.3) is 5.91 Å². The van der Waals surface area contributed by atoms with Crippen molar-refractivity contribution in [1.29, 1.82) is 0 Å². The molecule has 180 valence electrons. The number of halogens is 1. The number of hydrogen-bond acceptors (Lipinski definition) is 6. The molecule has 1 aliphatic carbocycles. The number of carbonyl (C=O) groups is 2. The predicted octanol–water partition coefficient (Wildman–Crippen LogP) is 2.24. The van der Waals surface area contributed by atoms with E-state index in [1.165, 1.54) is 6.07 Å². The molecule has 2 aliphatic heterocycles. The molecule has 9 heteroatoms. The number of benzene rings is 1. The van der Waals surface area contributed by atoms with E-state index in [0.717, 1.165) is 42.8 Å². The predicted molar refractivity (Wildman–Crippen MR) is 126 cm³/mol. The number of aryl methyl sites for hydroxylation is 1. The Morgan fingerprint density at radius 3 is 2.74 bits per heavy atom. The number of fused-ring (bicyclic) bond motifs is 1. The molecular weight excluding hydrogens is 435 g/mol. The van der Waals surface area contributed by atoms with Gasteiger partial charge in [0.2, 0.25) is 5.91 Å². The first-order valence-corrected chi connectivity index (χ1v) is 12.2. The van der Waals surface area contributed by atoms with Crippen LogP contribution in [0.3, 0.4) is 0 Å². The van der Waals surface area contributed by atoms with Gasteiger partial charge in [0.05, 0.1) is 17.5 Å². The van der Waals surface area contributed by atoms with E-state index in [0.29, 0.717) is 32.6 Å². The maximum atomic E-state index is 14.7. The number of nitrogens with zero attached hydrogens (tertiary/aromatic N) is 4. The summed E-state index contributed by atoms with van der Waals surface area (Å²) in [4.78, 5) is 37.9. The van der Waals surface area contributed by atoms with Gasteiger partial charge in [-0.2, -0.15) is 0 Å². The van der Waals surface area contributed by atoms with E-state index in [1.807, 2.05) is 6.92 Å². The van der Waals surface area contributed by atoms with E-state index in [9.17, 15) is 14.0 Å². The molecule has 3 unspecified atom stereocenters. The third-order valence-electron chi connectivity index (χ3n) is 7.40. The van der Waals surface area contributed by atoms with Gasteiger partial charge in [-0.15, -0.1) is 0 Å². The average Bonchev–Trinajstić information content (AvgIpc) is 2.87. The zero-order valence-electron chi connectivity index (χ0n) is 19.5. The lowest BCUT2D eigenvalue weighted by atomic mass is 9.72. The fourth-order valence-electron chi connectivity index (χ4n) is 5.56. The summed E-state index contributed by atoms with van der Waals surface area (Å²) in [5.74, 6) is 0.400. The highest BCUT2D eigenvalue weighted by atomic mass is 19.1. The summed E-state index contributed by atoms with van der Waals surface area (Å²) in [6.07, 6.45) is 8.22. The van der Waals surface area contributed by atoms with Crippen LogP contribution in [0.25, 0.3) is 0 Å². The van der Waals surface area contributed by atoms with Crippen LogP contribution in [0.2, 0.25) is 0 Å². The molecule has 0 radical (unpaired) electrons. The Balaban J connectivity index is 1.26. The van der Waals surface area contributed by atoms with E-state index in [2.05, 4.69) is 25.7 Å². The highest BCUT2D eigenvalue weighted by molar-refractivity contribution is 5.95. The van der Waals surface area contributed by atoms with Crippen LogP contribution < -0.4 is 15.8 Å². The zero-order valence-corrected chi connectivity index (χ0v) is 19.5. The standard InChI is InChI=1S/C25H31FN6O2/c1-16-14-27-15-23(28-16)31-8-10-32(11-9-31)25(34)20-12-17(6-7-21(20)26)13-22-18-4-2-3-5-19(18)24(33)30-29-22/h6-7,12,14-15,18-19,22,29H,2-5,8-11,13H2,1H3,(H,30,33). The molecule has 1 aromatic carbocycles. The summed E-state index contributed by atoms with van der Waals surface area (Å²) in [7, 11) is 0. The van der Waals surface area contributed by atoms with Crippen LogP contribution in [0.4, 0.5) is 10.2 Å². The van der Waals surface area contributed by atoms with Gasteiger partial charge < -0.3 is 9.80 Å². The number of carbonyl (C=O) groups excluding carboxylic acids is 2. The Hall–Kier alpha value is -3.07. The largest absolute Gasteiger partial charge is 0.352 e. The Morgan fingerprint density at radius 1 is 1.15 bits per heavy atom. The third-order valence-corrected chi connectivity index (χ3v) is 7.40. The molecule has 2 aromatic rings. The van der Waals surface area contributed by atoms with E-state index in [4.69, 9.17) is 0 Å². The topological polar surface area (TPSA) is 90.5 Å². The highest BCUT2D eigenvalue weighted by Gasteiger charge is 2.40. The van der Waals surface area contributed by atoms with Gasteiger partial charge in [0.1, 0.15) is 11.6 Å². The van der Waals surface area contributed by atoms with Crippen molar-refractivity contribution in [3.05, 3.63) is 53.2 Å². The molecule has 5 rings (SSSR count). The maximum Gasteiger partial charge on any atom is 0.256 e. The molecule has 34 heavy (non-hydrogen) atoms. The van der Waals surface area contributed by atoms with Crippen molar-refractivity contribution in [3.8, 4) is 0 Å². The van der Waals surface area contributed by atoms with Crippen molar-refractivity contribution >= 4 is 17.6 Å². The molecule has 3 heterocycles. The molecule has 3 aliphatic rings. The fraction of sp³-hybridized carbons (Fsp3) is 0.520. The molecule has 2 saturated heterocycles. The molecule has 2 N–H and O–H groups in total. The minimum Gasteiger partial charge on any atom is -0.352 e. The number of rotatable bonds is 4. The lowest BCUT2D eigenvalue weighted by Gasteiger charge is -2.41. The molecule has 2 amide bonds. The van der Waals surface area contributed by atoms with E-state index >= 15 is 0 Å². The summed E-state index contributed by atoms with van der Waals surface area (Å²) in [6, 6.07) is 4.90. The molecular formula is C25H31FN6O2. The molecule has 0 bridgehead atoms. The molecule has 1 aromatic heterocycles. The van der Waals surface area contributed by atoms with E-state index in [-0.39, 0.29) is 35.3 Å². The summed E-state index contributed by atoms with van der Waals surface area (Å²) in [5.41, 5.74) is 7.84. The van der Waals surface area contributed by atoms with E-state index < -0.39 is 5.82 Å². The van der Waals surface area contributed by atoms with Gasteiger partial charge in [0.15, 0.2) is 0 Å². The second-order valence-electron chi connectivity index (χ2n) is 9.61. The number of nitrogens with one attached hydrogen (secondary N) is 2. The maximum absolute atomic E-state index is 14.7. The van der Waals surface area contributed by atoms with Gasteiger partial charge in [-0.3, -0.25) is 20.0 Å². The Labute approximate surface area is 198 Å². The van der Waals surface area contributed by atoms with E-state index in [1.54, 1.807) is 29.4 Å². The first-order valence-electron chi connectivity index (χ1n) is 12.2. The number of amides is 2. The van der Waals surface area contributed by atoms with Crippen LogP contribution in [-0.4, -0.2) is 58.9 Å². The van der Waals surface area contributed by atoms with Crippen molar-refractivity contribution in [2.24, 2.45) is 11.8 Å². The molecule has 3 fully saturated rings. The quantitative estimate of drug-likeness (QED) is 0.718. The van der Waals surface area contributed by atoms with Crippen molar-refractivity contribution in [1.82, 2.24) is 25.7 Å². The molecule has 8 nitrogen and oxygen atoms in total. The highest BCUT2D eigenvalue weighted by Crippen LogP contribution is 2.35. The number of aromatic nitrogens is 2. The van der Waals surface area contributed by atoms with Crippen molar-refractivity contribution < 1.29 is 14.0 Å². The zero-order chi connectivity index (χ0) is 23.7. The van der Waals surface area contributed by atoms with Crippen molar-refractivity contribution in [2.45, 2.75) is 45.1 Å². The van der Waals surface area contributed by atoms with Crippen molar-refractivity contribution in [2.75, 3.05) is 31.1 Å². The SMILES string of the molecule is Cc1cncc(N2CCN(C(=O)c3cc(CC4NNC(=O)C5CCCCC45)ccc3F)CC2)n1. The van der Waals surface area contributed by atoms with Gasteiger partial charge in [-0.05, 0) is 49.8 Å². The van der Waals surface area contributed by atoms with Crippen LogP contribution in [0.5, 0.6) is 0 Å². The summed E-state index contributed by atoms with van der Waals surface area (Å²) in [6.45, 7) is 4.15. The van der Waals surface area contributed by atoms with Crippen LogP contribution in [0.1, 0.15) is 47.3 Å². The summed E-state index contributed by atoms with van der Waals surface area (Å²) >= 11 is 0. The first-order chi connectivity index (χ1) is 16.5. The summed E-state index contributed by atoms with van der Waals surface area (Å²) < 4.78 is 14.7. The minimum absolute atomic E-state index is 0.0379. The van der Waals surface area contributed by atoms with Gasteiger partial charge >= 0.3 is 0 Å². The number of anilines is 1. The molecule has 1 saturated carbocycles. The number of hydrogen-bond donors (Lipinski definition) is 2. The second-order valence-corrected chi connectivity index (χ2v) is 9.61. The Morgan fingerprint density at radius 2 is 1.94 bits per heavy atom. The molecule has 0 spiro atoms. The normalized spacial score (nSPS) is 25.0.